The molecule has 0 radical (unpaired) electrons. The van der Waals surface area contributed by atoms with Crippen molar-refractivity contribution < 1.29 is 0 Å². The number of benzene rings is 7. The first kappa shape index (κ1) is 33.3. The van der Waals surface area contributed by atoms with E-state index in [1.54, 1.807) is 0 Å². The molecule has 0 bridgehead atoms. The zero-order valence-electron chi connectivity index (χ0n) is 31.6. The van der Waals surface area contributed by atoms with Crippen LogP contribution in [0.1, 0.15) is 6.42 Å². The van der Waals surface area contributed by atoms with E-state index in [1.165, 1.54) is 72.8 Å². The van der Waals surface area contributed by atoms with Crippen LogP contribution in [-0.4, -0.2) is 18.8 Å². The Kier molecular flexibility index (Phi) is 8.13. The van der Waals surface area contributed by atoms with Crippen molar-refractivity contribution in [3.8, 4) is 22.3 Å². The largest absolute Gasteiger partial charge is 0.335 e. The molecule has 270 valence electrons. The molecule has 2 aliphatic carbocycles. The third-order valence-electron chi connectivity index (χ3n) is 12.0. The van der Waals surface area contributed by atoms with Crippen LogP contribution in [-0.2, 0) is 0 Å². The van der Waals surface area contributed by atoms with E-state index < -0.39 is 0 Å². The first-order valence-corrected chi connectivity index (χ1v) is 20.0. The fourth-order valence-corrected chi connectivity index (χ4v) is 9.43. The lowest BCUT2D eigenvalue weighted by atomic mass is 9.33. The molecule has 4 aliphatic rings. The summed E-state index contributed by atoms with van der Waals surface area (Å²) in [4.78, 5) is 7.61. The minimum Gasteiger partial charge on any atom is -0.335 e. The van der Waals surface area contributed by atoms with Crippen LogP contribution in [0.15, 0.2) is 218 Å². The molecule has 7 aromatic rings. The number of hydrogen-bond acceptors (Lipinski definition) is 3. The summed E-state index contributed by atoms with van der Waals surface area (Å²) in [5.74, 6) is 0. The molecule has 0 N–H and O–H groups in total. The molecule has 11 rings (SSSR count). The average Bonchev–Trinajstić information content (AvgIpc) is 3.82. The van der Waals surface area contributed by atoms with Gasteiger partial charge in [0.1, 0.15) is 0 Å². The van der Waals surface area contributed by atoms with Gasteiger partial charge in [-0.05, 0) is 99.7 Å². The Morgan fingerprint density at radius 2 is 1.09 bits per heavy atom. The van der Waals surface area contributed by atoms with E-state index in [1.807, 2.05) is 0 Å². The maximum absolute atomic E-state index is 2.62. The highest BCUT2D eigenvalue weighted by Crippen LogP contribution is 2.45. The third kappa shape index (κ3) is 5.67. The number of nitrogens with zero attached hydrogens (tertiary/aromatic N) is 3. The molecule has 0 aromatic heterocycles. The summed E-state index contributed by atoms with van der Waals surface area (Å²) in [6.07, 6.45) is 18.9. The zero-order valence-corrected chi connectivity index (χ0v) is 31.6. The van der Waals surface area contributed by atoms with Crippen molar-refractivity contribution in [3.05, 3.63) is 218 Å². The molecule has 0 spiro atoms. The Bertz CT molecular complexity index is 2740. The molecular weight excluding hydrogens is 689 g/mol. The van der Waals surface area contributed by atoms with E-state index in [4.69, 9.17) is 0 Å². The molecule has 2 heterocycles. The van der Waals surface area contributed by atoms with Gasteiger partial charge in [0.25, 0.3) is 6.71 Å². The molecule has 4 heteroatoms. The van der Waals surface area contributed by atoms with Crippen molar-refractivity contribution in [3.63, 3.8) is 0 Å². The van der Waals surface area contributed by atoms with E-state index in [0.717, 1.165) is 12.1 Å². The summed E-state index contributed by atoms with van der Waals surface area (Å²) in [6.45, 7) is 0.0458. The van der Waals surface area contributed by atoms with Crippen molar-refractivity contribution >= 4 is 62.9 Å². The normalized spacial score (nSPS) is 16.1. The number of rotatable bonds is 7. The molecule has 0 saturated carbocycles. The molecule has 1 unspecified atom stereocenters. The number of allylic oxidation sites excluding steroid dienone is 4. The second kappa shape index (κ2) is 13.9. The van der Waals surface area contributed by atoms with Gasteiger partial charge >= 0.3 is 0 Å². The van der Waals surface area contributed by atoms with Crippen molar-refractivity contribution in [1.29, 1.82) is 0 Å². The van der Waals surface area contributed by atoms with Gasteiger partial charge in [-0.1, -0.05) is 164 Å². The van der Waals surface area contributed by atoms with Crippen molar-refractivity contribution in [2.24, 2.45) is 0 Å². The molecule has 0 amide bonds. The number of hydrogen-bond donors (Lipinski definition) is 0. The standard InChI is InChI=1S/C53H40BN3/c1-5-17-38(18-6-1)40-21-15-28-45(35-40)57-50-30-16-29-49-53(50)54(47-33-31-41(36-51(47)57)39-19-7-2-8-20-39)48-34-32-46(37-52(48)56(49)44-24-11-4-12-25-44)55(43-26-13-14-27-43)42-22-9-3-10-23-42/h1-24,26-37,43-44H,25H2. The molecular formula is C53H40BN3. The number of anilines is 7. The quantitative estimate of drug-likeness (QED) is 0.151. The second-order valence-electron chi connectivity index (χ2n) is 15.2. The molecule has 57 heavy (non-hydrogen) atoms. The van der Waals surface area contributed by atoms with Gasteiger partial charge in [-0.15, -0.1) is 0 Å². The maximum Gasteiger partial charge on any atom is 0.252 e. The number of para-hydroxylation sites is 1. The van der Waals surface area contributed by atoms with E-state index >= 15 is 0 Å². The fourth-order valence-electron chi connectivity index (χ4n) is 9.43. The Hall–Kier alpha value is -7.04. The summed E-state index contributed by atoms with van der Waals surface area (Å²) >= 11 is 0. The van der Waals surface area contributed by atoms with Crippen LogP contribution < -0.4 is 31.1 Å². The summed E-state index contributed by atoms with van der Waals surface area (Å²) in [5.41, 5.74) is 17.3. The van der Waals surface area contributed by atoms with E-state index in [9.17, 15) is 0 Å². The Morgan fingerprint density at radius 3 is 1.82 bits per heavy atom. The molecule has 0 fully saturated rings. The number of fused-ring (bicyclic) bond motifs is 4. The fraction of sp³-hybridized carbons (Fsp3) is 0.0566. The van der Waals surface area contributed by atoms with Gasteiger partial charge in [-0.3, -0.25) is 0 Å². The van der Waals surface area contributed by atoms with Crippen molar-refractivity contribution in [2.45, 2.75) is 18.5 Å². The Balaban J connectivity index is 1.15. The zero-order chi connectivity index (χ0) is 37.7. The van der Waals surface area contributed by atoms with Gasteiger partial charge in [0.2, 0.25) is 0 Å². The van der Waals surface area contributed by atoms with Crippen LogP contribution in [0.5, 0.6) is 0 Å². The first-order valence-electron chi connectivity index (χ1n) is 20.0. The van der Waals surface area contributed by atoms with E-state index in [0.29, 0.717) is 0 Å². The topological polar surface area (TPSA) is 9.72 Å². The highest BCUT2D eigenvalue weighted by molar-refractivity contribution is 7.00. The average molecular weight is 730 g/mol. The monoisotopic (exact) mass is 729 g/mol. The van der Waals surface area contributed by atoms with Gasteiger partial charge in [0, 0.05) is 39.8 Å². The van der Waals surface area contributed by atoms with Gasteiger partial charge in [0.15, 0.2) is 0 Å². The molecule has 7 aromatic carbocycles. The predicted molar refractivity (Wildman–Crippen MR) is 243 cm³/mol. The molecule has 1 atom stereocenters. The minimum atomic E-state index is 0.0458. The SMILES string of the molecule is C1=CCC(N2c3cc(N(c4ccccc4)C4C=CC=C4)ccc3B3c4ccc(-c5ccccc5)cc4N(c4cccc(-c5ccccc5)c4)c4cccc2c43)C=C1. The second-order valence-corrected chi connectivity index (χ2v) is 15.2. The van der Waals surface area contributed by atoms with Crippen LogP contribution in [0.4, 0.5) is 39.8 Å². The van der Waals surface area contributed by atoms with Crippen LogP contribution >= 0.6 is 0 Å². The highest BCUT2D eigenvalue weighted by Gasteiger charge is 2.44. The minimum absolute atomic E-state index is 0.0458. The summed E-state index contributed by atoms with van der Waals surface area (Å²) in [5, 5.41) is 0. The van der Waals surface area contributed by atoms with Gasteiger partial charge in [-0.25, -0.2) is 0 Å². The van der Waals surface area contributed by atoms with Gasteiger partial charge < -0.3 is 14.7 Å². The van der Waals surface area contributed by atoms with Crippen LogP contribution in [0.25, 0.3) is 22.3 Å². The third-order valence-corrected chi connectivity index (χ3v) is 12.0. The van der Waals surface area contributed by atoms with Crippen molar-refractivity contribution in [2.75, 3.05) is 14.7 Å². The smallest absolute Gasteiger partial charge is 0.252 e. The predicted octanol–water partition coefficient (Wildman–Crippen LogP) is 11.3. The van der Waals surface area contributed by atoms with Gasteiger partial charge in [0.05, 0.1) is 12.1 Å². The van der Waals surface area contributed by atoms with Crippen LogP contribution in [0.2, 0.25) is 0 Å². The Labute approximate surface area is 335 Å². The Morgan fingerprint density at radius 1 is 0.456 bits per heavy atom. The van der Waals surface area contributed by atoms with Crippen LogP contribution in [0.3, 0.4) is 0 Å². The lowest BCUT2D eigenvalue weighted by molar-refractivity contribution is 0.786. The molecule has 0 saturated heterocycles. The summed E-state index contributed by atoms with van der Waals surface area (Å²) in [7, 11) is 0. The summed E-state index contributed by atoms with van der Waals surface area (Å²) < 4.78 is 0. The van der Waals surface area contributed by atoms with E-state index in [-0.39, 0.29) is 18.8 Å². The van der Waals surface area contributed by atoms with E-state index in [2.05, 4.69) is 233 Å². The maximum atomic E-state index is 2.62. The van der Waals surface area contributed by atoms with Crippen LogP contribution in [0, 0.1) is 0 Å². The van der Waals surface area contributed by atoms with Crippen molar-refractivity contribution in [1.82, 2.24) is 0 Å². The molecule has 3 nitrogen and oxygen atoms in total. The lowest BCUT2D eigenvalue weighted by Crippen LogP contribution is -2.62. The first-order chi connectivity index (χ1) is 28.3. The molecule has 2 aliphatic heterocycles. The summed E-state index contributed by atoms with van der Waals surface area (Å²) in [6, 6.07) is 63.0. The lowest BCUT2D eigenvalue weighted by Gasteiger charge is -2.46. The van der Waals surface area contributed by atoms with Gasteiger partial charge in [-0.2, -0.15) is 0 Å². The highest BCUT2D eigenvalue weighted by atomic mass is 15.2.